The Morgan fingerprint density at radius 2 is 2.00 bits per heavy atom. The van der Waals surface area contributed by atoms with Crippen molar-refractivity contribution in [3.05, 3.63) is 53.1 Å². The fourth-order valence-corrected chi connectivity index (χ4v) is 2.18. The fraction of sp³-hybridized carbons (Fsp3) is 0. The Labute approximate surface area is 112 Å². The molecule has 0 saturated carbocycles. The number of aromatic amines is 2. The zero-order valence-electron chi connectivity index (χ0n) is 10.3. The second-order valence-corrected chi connectivity index (χ2v) is 4.46. The minimum absolute atomic E-state index is 0.216. The van der Waals surface area contributed by atoms with Gasteiger partial charge in [0.2, 0.25) is 0 Å². The molecule has 0 atom stereocenters. The third kappa shape index (κ3) is 1.58. The van der Waals surface area contributed by atoms with Gasteiger partial charge in [0.25, 0.3) is 5.56 Å². The molecule has 2 N–H and O–H groups in total. The van der Waals surface area contributed by atoms with E-state index < -0.39 is 0 Å². The van der Waals surface area contributed by atoms with Gasteiger partial charge in [-0.15, -0.1) is 0 Å². The molecule has 20 heavy (non-hydrogen) atoms. The Hall–Kier alpha value is -3.02. The van der Waals surface area contributed by atoms with Gasteiger partial charge in [0, 0.05) is 17.1 Å². The Balaban J connectivity index is 1.98. The van der Waals surface area contributed by atoms with E-state index in [2.05, 4.69) is 25.1 Å². The van der Waals surface area contributed by atoms with E-state index in [4.69, 9.17) is 0 Å². The Kier molecular flexibility index (Phi) is 2.17. The van der Waals surface area contributed by atoms with E-state index in [9.17, 15) is 4.79 Å². The second-order valence-electron chi connectivity index (χ2n) is 4.46. The van der Waals surface area contributed by atoms with E-state index in [0.717, 1.165) is 16.5 Å². The number of rotatable bonds is 1. The number of para-hydroxylation sites is 1. The van der Waals surface area contributed by atoms with Crippen molar-refractivity contribution in [2.45, 2.75) is 0 Å². The zero-order chi connectivity index (χ0) is 13.5. The van der Waals surface area contributed by atoms with Gasteiger partial charge in [-0.3, -0.25) is 14.9 Å². The van der Waals surface area contributed by atoms with Crippen molar-refractivity contribution in [2.24, 2.45) is 0 Å². The van der Waals surface area contributed by atoms with Gasteiger partial charge < -0.3 is 4.98 Å². The molecule has 3 heterocycles. The molecule has 96 valence electrons. The van der Waals surface area contributed by atoms with Gasteiger partial charge in [-0.25, -0.2) is 4.98 Å². The molecule has 0 aliphatic rings. The van der Waals surface area contributed by atoms with Crippen LogP contribution in [0.25, 0.3) is 33.3 Å². The van der Waals surface area contributed by atoms with Crippen LogP contribution in [-0.4, -0.2) is 25.1 Å². The predicted octanol–water partition coefficient (Wildman–Crippen LogP) is 1.86. The maximum Gasteiger partial charge on any atom is 0.262 e. The minimum Gasteiger partial charge on any atom is -0.306 e. The largest absolute Gasteiger partial charge is 0.306 e. The molecule has 0 amide bonds. The lowest BCUT2D eigenvalue weighted by atomic mass is 10.1. The number of nitrogens with one attached hydrogen (secondary N) is 2. The molecule has 0 aliphatic heterocycles. The Bertz CT molecular complexity index is 985. The summed E-state index contributed by atoms with van der Waals surface area (Å²) in [7, 11) is 0. The van der Waals surface area contributed by atoms with Crippen molar-refractivity contribution >= 4 is 21.9 Å². The van der Waals surface area contributed by atoms with Gasteiger partial charge in [-0.1, -0.05) is 18.2 Å². The molecule has 0 bridgehead atoms. The maximum absolute atomic E-state index is 11.9. The Morgan fingerprint density at radius 3 is 2.95 bits per heavy atom. The van der Waals surface area contributed by atoms with Crippen molar-refractivity contribution in [1.29, 1.82) is 0 Å². The summed E-state index contributed by atoms with van der Waals surface area (Å²) in [5.74, 6) is 0.477. The molecule has 3 aromatic heterocycles. The van der Waals surface area contributed by atoms with Crippen LogP contribution in [0.2, 0.25) is 0 Å². The number of H-pyrrole nitrogens is 2. The number of aromatic nitrogens is 5. The average Bonchev–Trinajstić information content (AvgIpc) is 2.96. The van der Waals surface area contributed by atoms with E-state index in [-0.39, 0.29) is 5.56 Å². The number of fused-ring (bicyclic) bond motifs is 2. The normalized spacial score (nSPS) is 11.2. The number of benzene rings is 1. The number of hydrogen-bond acceptors (Lipinski definition) is 4. The molecule has 0 fully saturated rings. The van der Waals surface area contributed by atoms with Gasteiger partial charge in [0.15, 0.2) is 5.65 Å². The first-order chi connectivity index (χ1) is 9.81. The van der Waals surface area contributed by atoms with Crippen LogP contribution in [0.4, 0.5) is 0 Å². The van der Waals surface area contributed by atoms with Crippen LogP contribution in [0, 0.1) is 0 Å². The van der Waals surface area contributed by atoms with Gasteiger partial charge in [0.1, 0.15) is 11.2 Å². The van der Waals surface area contributed by atoms with Gasteiger partial charge >= 0.3 is 0 Å². The lowest BCUT2D eigenvalue weighted by molar-refractivity contribution is 1.09. The molecule has 6 heteroatoms. The molecule has 0 saturated heterocycles. The maximum atomic E-state index is 11.9. The SMILES string of the molecule is O=c1[nH]c(-c2cnc3ccccc3c2)nc2[nH]ncc12. The molecule has 1 aromatic carbocycles. The summed E-state index contributed by atoms with van der Waals surface area (Å²) in [6.07, 6.45) is 3.16. The molecule has 0 aliphatic carbocycles. The van der Waals surface area contributed by atoms with Crippen LogP contribution < -0.4 is 5.56 Å². The first-order valence-corrected chi connectivity index (χ1v) is 6.10. The summed E-state index contributed by atoms with van der Waals surface area (Å²) in [5.41, 5.74) is 1.92. The van der Waals surface area contributed by atoms with Gasteiger partial charge in [-0.2, -0.15) is 5.10 Å². The van der Waals surface area contributed by atoms with Crippen molar-refractivity contribution in [2.75, 3.05) is 0 Å². The third-order valence-electron chi connectivity index (χ3n) is 3.18. The summed E-state index contributed by atoms with van der Waals surface area (Å²) < 4.78 is 0. The van der Waals surface area contributed by atoms with Crippen LogP contribution >= 0.6 is 0 Å². The van der Waals surface area contributed by atoms with E-state index in [1.54, 1.807) is 6.20 Å². The van der Waals surface area contributed by atoms with Crippen molar-refractivity contribution in [3.8, 4) is 11.4 Å². The Morgan fingerprint density at radius 1 is 1.10 bits per heavy atom. The minimum atomic E-state index is -0.216. The summed E-state index contributed by atoms with van der Waals surface area (Å²) >= 11 is 0. The monoisotopic (exact) mass is 263 g/mol. The van der Waals surface area contributed by atoms with E-state index in [0.29, 0.717) is 16.9 Å². The number of hydrogen-bond donors (Lipinski definition) is 2. The van der Waals surface area contributed by atoms with E-state index >= 15 is 0 Å². The first kappa shape index (κ1) is 10.9. The van der Waals surface area contributed by atoms with E-state index in [1.807, 2.05) is 30.3 Å². The second kappa shape index (κ2) is 3.99. The van der Waals surface area contributed by atoms with Crippen LogP contribution in [0.3, 0.4) is 0 Å². The number of pyridine rings is 1. The summed E-state index contributed by atoms with van der Waals surface area (Å²) in [4.78, 5) is 23.4. The van der Waals surface area contributed by atoms with Gasteiger partial charge in [-0.05, 0) is 12.1 Å². The number of nitrogens with zero attached hydrogens (tertiary/aromatic N) is 3. The lowest BCUT2D eigenvalue weighted by Gasteiger charge is -2.02. The summed E-state index contributed by atoms with van der Waals surface area (Å²) in [6.45, 7) is 0. The fourth-order valence-electron chi connectivity index (χ4n) is 2.18. The predicted molar refractivity (Wildman–Crippen MR) is 75.2 cm³/mol. The lowest BCUT2D eigenvalue weighted by Crippen LogP contribution is -2.08. The van der Waals surface area contributed by atoms with E-state index in [1.165, 1.54) is 6.20 Å². The quantitative estimate of drug-likeness (QED) is 0.548. The third-order valence-corrected chi connectivity index (χ3v) is 3.18. The first-order valence-electron chi connectivity index (χ1n) is 6.10. The van der Waals surface area contributed by atoms with Crippen LogP contribution in [0.5, 0.6) is 0 Å². The van der Waals surface area contributed by atoms with Crippen LogP contribution in [-0.2, 0) is 0 Å². The molecule has 0 spiro atoms. The van der Waals surface area contributed by atoms with Crippen molar-refractivity contribution < 1.29 is 0 Å². The standard InChI is InChI=1S/C14H9N5O/c20-14-10-7-16-19-13(10)17-12(18-14)9-5-8-3-1-2-4-11(8)15-6-9/h1-7H,(H2,16,17,18,19,20). The topological polar surface area (TPSA) is 87.3 Å². The van der Waals surface area contributed by atoms with Crippen LogP contribution in [0.15, 0.2) is 47.5 Å². The highest BCUT2D eigenvalue weighted by atomic mass is 16.1. The molecule has 6 nitrogen and oxygen atoms in total. The molecule has 0 unspecified atom stereocenters. The van der Waals surface area contributed by atoms with Crippen LogP contribution in [0.1, 0.15) is 0 Å². The summed E-state index contributed by atoms with van der Waals surface area (Å²) in [5, 5.41) is 7.97. The highest BCUT2D eigenvalue weighted by Gasteiger charge is 2.08. The molecule has 0 radical (unpaired) electrons. The average molecular weight is 263 g/mol. The summed E-state index contributed by atoms with van der Waals surface area (Å²) in [6, 6.07) is 9.74. The zero-order valence-corrected chi connectivity index (χ0v) is 10.3. The van der Waals surface area contributed by atoms with Crippen molar-refractivity contribution in [1.82, 2.24) is 25.1 Å². The molecular formula is C14H9N5O. The highest BCUT2D eigenvalue weighted by molar-refractivity contribution is 5.83. The van der Waals surface area contributed by atoms with Gasteiger partial charge in [0.05, 0.1) is 11.7 Å². The molecular weight excluding hydrogens is 254 g/mol. The highest BCUT2D eigenvalue weighted by Crippen LogP contribution is 2.19. The molecule has 4 rings (SSSR count). The smallest absolute Gasteiger partial charge is 0.262 e. The molecule has 4 aromatic rings. The van der Waals surface area contributed by atoms with Crippen molar-refractivity contribution in [3.63, 3.8) is 0 Å².